The van der Waals surface area contributed by atoms with E-state index < -0.39 is 91.9 Å². The van der Waals surface area contributed by atoms with Crippen LogP contribution in [0.1, 0.15) is 92.9 Å². The number of benzene rings is 1. The maximum Gasteiger partial charge on any atom is 0.408 e. The summed E-state index contributed by atoms with van der Waals surface area (Å²) in [7, 11) is -4.11. The number of carboxylic acid groups (broad SMARTS) is 1. The zero-order chi connectivity index (χ0) is 43.2. The number of hydrogen-bond donors (Lipinski definition) is 3. The Bertz CT molecular complexity index is 2120. The number of hydrogen-bond acceptors (Lipinski definition) is 9. The van der Waals surface area contributed by atoms with Crippen molar-refractivity contribution in [2.45, 2.75) is 133 Å². The van der Waals surface area contributed by atoms with Crippen LogP contribution in [0.3, 0.4) is 0 Å². The van der Waals surface area contributed by atoms with Crippen LogP contribution < -0.4 is 19.5 Å². The molecule has 1 saturated heterocycles. The molecule has 0 radical (unpaired) electrons. The van der Waals surface area contributed by atoms with E-state index in [0.717, 1.165) is 18.7 Å². The number of fused-ring (bicyclic) bond motifs is 3. The molecular weight excluding hydrogens is 796 g/mol. The van der Waals surface area contributed by atoms with Crippen LogP contribution in [0.15, 0.2) is 36.5 Å². The molecule has 2 saturated carbocycles. The molecule has 2 aliphatic heterocycles. The first kappa shape index (κ1) is 44.0. The van der Waals surface area contributed by atoms with E-state index in [9.17, 15) is 36.7 Å². The number of nitrogens with zero attached hydrogens (tertiary/aromatic N) is 3. The highest BCUT2D eigenvalue weighted by Gasteiger charge is 2.63. The Labute approximate surface area is 342 Å². The average molecular weight is 850 g/mol. The minimum Gasteiger partial charge on any atom is -0.491 e. The van der Waals surface area contributed by atoms with Crippen LogP contribution >= 0.6 is 0 Å². The van der Waals surface area contributed by atoms with Crippen LogP contribution in [0.5, 0.6) is 11.6 Å². The summed E-state index contributed by atoms with van der Waals surface area (Å²) in [5.41, 5.74) is -4.04. The second-order valence-electron chi connectivity index (χ2n) is 17.3. The lowest BCUT2D eigenvalue weighted by Gasteiger charge is -2.45. The number of nitrogens with one attached hydrogen (secondary N) is 2. The van der Waals surface area contributed by atoms with Crippen molar-refractivity contribution in [1.82, 2.24) is 24.8 Å². The van der Waals surface area contributed by atoms with Gasteiger partial charge < -0.3 is 24.8 Å². The smallest absolute Gasteiger partial charge is 0.408 e. The zero-order valence-corrected chi connectivity index (χ0v) is 35.0. The van der Waals surface area contributed by atoms with Gasteiger partial charge in [-0.3, -0.25) is 24.0 Å². The number of allylic oxidation sites excluding steroid dienone is 1. The monoisotopic (exact) mass is 849 g/mol. The van der Waals surface area contributed by atoms with Gasteiger partial charge in [0.05, 0.1) is 17.9 Å². The molecule has 14 nitrogen and oxygen atoms in total. The number of aromatic nitrogens is 1. The van der Waals surface area contributed by atoms with Gasteiger partial charge in [0, 0.05) is 23.9 Å². The molecule has 4 aliphatic rings. The molecule has 3 fully saturated rings. The van der Waals surface area contributed by atoms with Crippen molar-refractivity contribution in [2.75, 3.05) is 13.2 Å². The van der Waals surface area contributed by atoms with Gasteiger partial charge in [0.25, 0.3) is 12.3 Å². The Morgan fingerprint density at radius 2 is 1.90 bits per heavy atom. The van der Waals surface area contributed by atoms with E-state index in [-0.39, 0.29) is 61.8 Å². The Morgan fingerprint density at radius 3 is 2.53 bits per heavy atom. The molecule has 2 aliphatic carbocycles. The van der Waals surface area contributed by atoms with Gasteiger partial charge in [-0.25, -0.2) is 31.4 Å². The molecule has 6 rings (SSSR count). The average Bonchev–Trinajstić information content (AvgIpc) is 4.04. The van der Waals surface area contributed by atoms with Gasteiger partial charge in [-0.2, -0.15) is 0 Å². The van der Waals surface area contributed by atoms with Gasteiger partial charge in [-0.15, -0.1) is 0 Å². The molecule has 1 aromatic carbocycles. The molecular formula is C41H54F3N5O9S. The SMILES string of the molecule is CCOc1cc2ccnc(O[C@@H]3C[C@H]4C(=O)N[C@]5(C(=O)NS(=O)(=O)C6(C)CC6)C[C@H]5C=CCC[C@@H](C)C[C@@H](CC)[C@H](N(C(=O)O)C(C)(C)C(F)F)C(=O)N4C3)c2cc1F. The third-order valence-electron chi connectivity index (χ3n) is 12.6. The number of rotatable bonds is 11. The minimum atomic E-state index is -4.11. The fraction of sp³-hybridized carbons (Fsp3) is 0.634. The van der Waals surface area contributed by atoms with Gasteiger partial charge in [-0.05, 0) is 102 Å². The topological polar surface area (TPSA) is 185 Å². The third-order valence-corrected chi connectivity index (χ3v) is 14.7. The summed E-state index contributed by atoms with van der Waals surface area (Å²) in [5.74, 6) is -4.85. The number of ether oxygens (including phenoxy) is 2. The molecule has 0 bridgehead atoms. The van der Waals surface area contributed by atoms with Crippen LogP contribution in [0.2, 0.25) is 0 Å². The fourth-order valence-corrected chi connectivity index (χ4v) is 9.73. The summed E-state index contributed by atoms with van der Waals surface area (Å²) in [6.45, 7) is 8.87. The fourth-order valence-electron chi connectivity index (χ4n) is 8.42. The molecule has 324 valence electrons. The summed E-state index contributed by atoms with van der Waals surface area (Å²) < 4.78 is 83.9. The lowest BCUT2D eigenvalue weighted by Crippen LogP contribution is -2.65. The summed E-state index contributed by atoms with van der Waals surface area (Å²) in [4.78, 5) is 62.7. The van der Waals surface area contributed by atoms with Crippen molar-refractivity contribution in [2.24, 2.45) is 17.8 Å². The number of carbonyl (C=O) groups is 4. The summed E-state index contributed by atoms with van der Waals surface area (Å²) >= 11 is 0. The molecule has 1 aromatic heterocycles. The van der Waals surface area contributed by atoms with Crippen LogP contribution in [-0.4, -0.2) is 106 Å². The van der Waals surface area contributed by atoms with Crippen molar-refractivity contribution in [3.63, 3.8) is 0 Å². The molecule has 0 unspecified atom stereocenters. The number of pyridine rings is 1. The Balaban J connectivity index is 1.43. The molecule has 59 heavy (non-hydrogen) atoms. The number of carbonyl (C=O) groups excluding carboxylic acids is 3. The normalized spacial score (nSPS) is 28.5. The minimum absolute atomic E-state index is 0.0111. The van der Waals surface area contributed by atoms with E-state index in [1.807, 2.05) is 13.0 Å². The first-order valence-electron chi connectivity index (χ1n) is 20.2. The number of amides is 4. The van der Waals surface area contributed by atoms with Crippen molar-refractivity contribution >= 4 is 44.6 Å². The Hall–Kier alpha value is -4.61. The molecule has 3 heterocycles. The highest BCUT2D eigenvalue weighted by atomic mass is 32.2. The Morgan fingerprint density at radius 1 is 1.19 bits per heavy atom. The highest BCUT2D eigenvalue weighted by molar-refractivity contribution is 7.91. The van der Waals surface area contributed by atoms with Crippen LogP contribution in [-0.2, 0) is 24.4 Å². The predicted molar refractivity (Wildman–Crippen MR) is 211 cm³/mol. The molecule has 4 amide bonds. The van der Waals surface area contributed by atoms with Crippen molar-refractivity contribution in [3.8, 4) is 11.6 Å². The molecule has 2 aromatic rings. The second-order valence-corrected chi connectivity index (χ2v) is 19.5. The van der Waals surface area contributed by atoms with Gasteiger partial charge in [0.1, 0.15) is 29.3 Å². The van der Waals surface area contributed by atoms with Gasteiger partial charge in [0.2, 0.25) is 27.7 Å². The van der Waals surface area contributed by atoms with Crippen molar-refractivity contribution in [3.05, 3.63) is 42.4 Å². The van der Waals surface area contributed by atoms with E-state index in [0.29, 0.717) is 36.0 Å². The van der Waals surface area contributed by atoms with Crippen molar-refractivity contribution in [1.29, 1.82) is 0 Å². The standard InChI is InChI=1S/C41H54F3N5O9S/c1-7-24-17-23(3)11-9-10-12-26-21-41(26,37(52)47-59(55,56)40(6)14-15-40)46-33(50)30-19-27(22-48(30)35(51)32(24)49(38(53)54)39(4,5)36(43)44)58-34-28-20-29(42)31(57-8-2)18-25(28)13-16-45-34/h10,12-13,16,18,20,23-24,26-27,30,32,36H,7-9,11,14-15,17,19,21-22H2,1-6H3,(H,46,50)(H,47,52)(H,53,54)/t23-,24-,26-,27-,30+,32+,41-/m1/s1. The van der Waals surface area contributed by atoms with Gasteiger partial charge in [-0.1, -0.05) is 32.4 Å². The lowest BCUT2D eigenvalue weighted by molar-refractivity contribution is -0.149. The van der Waals surface area contributed by atoms with Crippen LogP contribution in [0.4, 0.5) is 18.0 Å². The quantitative estimate of drug-likeness (QED) is 0.234. The van der Waals surface area contributed by atoms with E-state index in [1.165, 1.54) is 25.3 Å². The van der Waals surface area contributed by atoms with E-state index in [2.05, 4.69) is 15.0 Å². The third kappa shape index (κ3) is 8.55. The summed E-state index contributed by atoms with van der Waals surface area (Å²) in [6, 6.07) is 1.18. The highest BCUT2D eigenvalue weighted by Crippen LogP contribution is 2.48. The first-order chi connectivity index (χ1) is 27.7. The van der Waals surface area contributed by atoms with Gasteiger partial charge >= 0.3 is 6.09 Å². The van der Waals surface area contributed by atoms with Crippen LogP contribution in [0.25, 0.3) is 10.8 Å². The molecule has 7 atom stereocenters. The van der Waals surface area contributed by atoms with Gasteiger partial charge in [0.15, 0.2) is 11.6 Å². The molecule has 0 spiro atoms. The molecule has 3 N–H and O–H groups in total. The van der Waals surface area contributed by atoms with E-state index >= 15 is 9.18 Å². The summed E-state index contributed by atoms with van der Waals surface area (Å²) in [5, 5.41) is 14.1. The van der Waals surface area contributed by atoms with E-state index in [1.54, 1.807) is 26.0 Å². The zero-order valence-electron chi connectivity index (χ0n) is 34.2. The largest absolute Gasteiger partial charge is 0.491 e. The molecule has 18 heteroatoms. The summed E-state index contributed by atoms with van der Waals surface area (Å²) in [6.07, 6.45) is 1.23. The maximum absolute atomic E-state index is 15.2. The second kappa shape index (κ2) is 16.4. The van der Waals surface area contributed by atoms with Crippen LogP contribution in [0, 0.1) is 23.6 Å². The number of alkyl halides is 2. The Kier molecular flexibility index (Phi) is 12.3. The number of halogens is 3. The first-order valence-corrected chi connectivity index (χ1v) is 21.7. The van der Waals surface area contributed by atoms with Crippen molar-refractivity contribution < 1.29 is 55.3 Å². The van der Waals surface area contributed by atoms with E-state index in [4.69, 9.17) is 9.47 Å². The predicted octanol–water partition coefficient (Wildman–Crippen LogP) is 5.79. The lowest BCUT2D eigenvalue weighted by atomic mass is 9.82. The maximum atomic E-state index is 15.2. The number of sulfonamides is 1.